The first-order valence-corrected chi connectivity index (χ1v) is 5.48. The molecule has 76 valence electrons. The van der Waals surface area contributed by atoms with Crippen molar-refractivity contribution in [3.8, 4) is 0 Å². The van der Waals surface area contributed by atoms with E-state index in [2.05, 4.69) is 20.9 Å². The normalized spacial score (nSPS) is 28.2. The van der Waals surface area contributed by atoms with Crippen LogP contribution in [0.5, 0.6) is 0 Å². The highest BCUT2D eigenvalue weighted by atomic mass is 79.9. The van der Waals surface area contributed by atoms with Gasteiger partial charge < -0.3 is 0 Å². The van der Waals surface area contributed by atoms with Gasteiger partial charge in [0.2, 0.25) is 11.8 Å². The lowest BCUT2D eigenvalue weighted by atomic mass is 10.4. The molecule has 0 radical (unpaired) electrons. The van der Waals surface area contributed by atoms with Gasteiger partial charge >= 0.3 is 0 Å². The molecule has 1 saturated carbocycles. The fourth-order valence-corrected chi connectivity index (χ4v) is 2.36. The van der Waals surface area contributed by atoms with Gasteiger partial charge in [0, 0.05) is 6.20 Å². The fraction of sp³-hybridized carbons (Fsp3) is 0.300. The SMILES string of the molecule is O=C1C2CC2C(=O)N1c1ncccc1Br. The van der Waals surface area contributed by atoms with Crippen LogP contribution in [0.3, 0.4) is 0 Å². The molecule has 1 saturated heterocycles. The van der Waals surface area contributed by atoms with E-state index in [1.165, 1.54) is 4.90 Å². The predicted octanol–water partition coefficient (Wildman–Crippen LogP) is 1.35. The highest BCUT2D eigenvalue weighted by molar-refractivity contribution is 9.10. The summed E-state index contributed by atoms with van der Waals surface area (Å²) >= 11 is 3.29. The molecule has 3 rings (SSSR count). The minimum absolute atomic E-state index is 0.0774. The first-order chi connectivity index (χ1) is 7.20. The second kappa shape index (κ2) is 2.88. The Kier molecular flexibility index (Phi) is 1.74. The maximum atomic E-state index is 11.8. The van der Waals surface area contributed by atoms with Gasteiger partial charge in [0.25, 0.3) is 0 Å². The molecule has 2 amide bonds. The summed E-state index contributed by atoms with van der Waals surface area (Å²) in [6.07, 6.45) is 2.29. The third kappa shape index (κ3) is 1.16. The zero-order chi connectivity index (χ0) is 10.6. The highest BCUT2D eigenvalue weighted by Crippen LogP contribution is 2.48. The van der Waals surface area contributed by atoms with Crippen molar-refractivity contribution < 1.29 is 9.59 Å². The molecule has 0 aromatic carbocycles. The Morgan fingerprint density at radius 3 is 2.60 bits per heavy atom. The predicted molar refractivity (Wildman–Crippen MR) is 56.0 cm³/mol. The molecule has 2 aliphatic rings. The van der Waals surface area contributed by atoms with Gasteiger partial charge in [-0.25, -0.2) is 9.88 Å². The third-order valence-corrected chi connectivity index (χ3v) is 3.44. The van der Waals surface area contributed by atoms with Crippen LogP contribution in [0.15, 0.2) is 22.8 Å². The number of carbonyl (C=O) groups is 2. The molecule has 5 heteroatoms. The number of piperidine rings is 1. The van der Waals surface area contributed by atoms with Crippen molar-refractivity contribution in [2.75, 3.05) is 4.90 Å². The number of hydrogen-bond acceptors (Lipinski definition) is 3. The molecule has 1 aliphatic heterocycles. The maximum Gasteiger partial charge on any atom is 0.238 e. The van der Waals surface area contributed by atoms with Gasteiger partial charge in [-0.05, 0) is 34.5 Å². The van der Waals surface area contributed by atoms with Crippen LogP contribution in [0, 0.1) is 11.8 Å². The number of aromatic nitrogens is 1. The highest BCUT2D eigenvalue weighted by Gasteiger charge is 2.59. The summed E-state index contributed by atoms with van der Waals surface area (Å²) in [7, 11) is 0. The van der Waals surface area contributed by atoms with Crippen LogP contribution < -0.4 is 4.90 Å². The lowest BCUT2D eigenvalue weighted by Crippen LogP contribution is -2.33. The van der Waals surface area contributed by atoms with Crippen molar-refractivity contribution in [3.05, 3.63) is 22.8 Å². The Morgan fingerprint density at radius 1 is 1.33 bits per heavy atom. The Bertz CT molecular complexity index is 454. The minimum atomic E-state index is -0.107. The van der Waals surface area contributed by atoms with Crippen LogP contribution >= 0.6 is 15.9 Å². The van der Waals surface area contributed by atoms with Gasteiger partial charge in [0.1, 0.15) is 0 Å². The summed E-state index contributed by atoms with van der Waals surface area (Å²) in [5.41, 5.74) is 0. The first kappa shape index (κ1) is 9.03. The van der Waals surface area contributed by atoms with Gasteiger partial charge in [-0.1, -0.05) is 0 Å². The number of anilines is 1. The monoisotopic (exact) mass is 266 g/mol. The van der Waals surface area contributed by atoms with E-state index in [9.17, 15) is 9.59 Å². The number of imide groups is 1. The fourth-order valence-electron chi connectivity index (χ4n) is 1.93. The Morgan fingerprint density at radius 2 is 2.00 bits per heavy atom. The second-order valence-electron chi connectivity index (χ2n) is 3.77. The summed E-state index contributed by atoms with van der Waals surface area (Å²) in [4.78, 5) is 28.8. The minimum Gasteiger partial charge on any atom is -0.274 e. The molecule has 2 unspecified atom stereocenters. The number of rotatable bonds is 1. The Hall–Kier alpha value is -1.23. The van der Waals surface area contributed by atoms with Crippen LogP contribution in [0.1, 0.15) is 6.42 Å². The molecule has 1 aromatic rings. The van der Waals surface area contributed by atoms with E-state index < -0.39 is 0 Å². The van der Waals surface area contributed by atoms with Crippen molar-refractivity contribution in [1.29, 1.82) is 0 Å². The summed E-state index contributed by atoms with van der Waals surface area (Å²) in [6, 6.07) is 3.52. The van der Waals surface area contributed by atoms with E-state index in [1.54, 1.807) is 18.3 Å². The lowest BCUT2D eigenvalue weighted by molar-refractivity contribution is -0.123. The maximum absolute atomic E-state index is 11.8. The van der Waals surface area contributed by atoms with E-state index in [-0.39, 0.29) is 23.7 Å². The summed E-state index contributed by atoms with van der Waals surface area (Å²) in [5, 5.41) is 0. The molecule has 0 spiro atoms. The van der Waals surface area contributed by atoms with Crippen LogP contribution in [0.2, 0.25) is 0 Å². The molecular weight excluding hydrogens is 260 g/mol. The van der Waals surface area contributed by atoms with Crippen molar-refractivity contribution in [1.82, 2.24) is 4.98 Å². The van der Waals surface area contributed by atoms with Gasteiger partial charge in [0.15, 0.2) is 5.82 Å². The second-order valence-corrected chi connectivity index (χ2v) is 4.62. The number of nitrogens with zero attached hydrogens (tertiary/aromatic N) is 2. The third-order valence-electron chi connectivity index (χ3n) is 2.82. The van der Waals surface area contributed by atoms with E-state index >= 15 is 0 Å². The molecular formula is C10H7BrN2O2. The average molecular weight is 267 g/mol. The Labute approximate surface area is 94.4 Å². The standard InChI is InChI=1S/C10H7BrN2O2/c11-7-2-1-3-12-8(7)13-9(14)5-4-6(5)10(13)15/h1-3,5-6H,4H2. The summed E-state index contributed by atoms with van der Waals surface area (Å²) < 4.78 is 0.674. The lowest BCUT2D eigenvalue weighted by Gasteiger charge is -2.16. The molecule has 0 N–H and O–H groups in total. The molecule has 0 bridgehead atoms. The zero-order valence-corrected chi connectivity index (χ0v) is 9.27. The topological polar surface area (TPSA) is 50.3 Å². The largest absolute Gasteiger partial charge is 0.274 e. The number of hydrogen-bond donors (Lipinski definition) is 0. The average Bonchev–Trinajstić information content (AvgIpc) is 2.96. The van der Waals surface area contributed by atoms with Gasteiger partial charge in [0.05, 0.1) is 16.3 Å². The molecule has 1 aromatic heterocycles. The van der Waals surface area contributed by atoms with E-state index in [0.717, 1.165) is 6.42 Å². The van der Waals surface area contributed by atoms with Crippen molar-refractivity contribution in [2.45, 2.75) is 6.42 Å². The smallest absolute Gasteiger partial charge is 0.238 e. The van der Waals surface area contributed by atoms with E-state index in [0.29, 0.717) is 10.3 Å². The van der Waals surface area contributed by atoms with Crippen LogP contribution in [0.25, 0.3) is 0 Å². The molecule has 2 heterocycles. The quantitative estimate of drug-likeness (QED) is 0.722. The number of fused-ring (bicyclic) bond motifs is 1. The van der Waals surface area contributed by atoms with Crippen LogP contribution in [-0.2, 0) is 9.59 Å². The molecule has 1 aliphatic carbocycles. The van der Waals surface area contributed by atoms with Crippen molar-refractivity contribution in [2.24, 2.45) is 11.8 Å². The zero-order valence-electron chi connectivity index (χ0n) is 7.68. The molecule has 2 atom stereocenters. The van der Waals surface area contributed by atoms with Crippen LogP contribution in [-0.4, -0.2) is 16.8 Å². The van der Waals surface area contributed by atoms with E-state index in [1.807, 2.05) is 0 Å². The molecule has 2 fully saturated rings. The van der Waals surface area contributed by atoms with Gasteiger partial charge in [-0.3, -0.25) is 9.59 Å². The van der Waals surface area contributed by atoms with Gasteiger partial charge in [-0.2, -0.15) is 0 Å². The number of pyridine rings is 1. The molecule has 4 nitrogen and oxygen atoms in total. The summed E-state index contributed by atoms with van der Waals surface area (Å²) in [5.74, 6) is 0.0475. The number of amides is 2. The first-order valence-electron chi connectivity index (χ1n) is 4.68. The summed E-state index contributed by atoms with van der Waals surface area (Å²) in [6.45, 7) is 0. The van der Waals surface area contributed by atoms with Gasteiger partial charge in [-0.15, -0.1) is 0 Å². The number of halogens is 1. The number of carbonyl (C=O) groups excluding carboxylic acids is 2. The van der Waals surface area contributed by atoms with Crippen LogP contribution in [0.4, 0.5) is 5.82 Å². The molecule has 15 heavy (non-hydrogen) atoms. The van der Waals surface area contributed by atoms with Crippen molar-refractivity contribution in [3.63, 3.8) is 0 Å². The van der Waals surface area contributed by atoms with E-state index in [4.69, 9.17) is 0 Å². The Balaban J connectivity index is 2.05. The van der Waals surface area contributed by atoms with Crippen molar-refractivity contribution >= 4 is 33.6 Å².